The summed E-state index contributed by atoms with van der Waals surface area (Å²) in [6.07, 6.45) is 1.81. The van der Waals surface area contributed by atoms with E-state index < -0.39 is 11.8 Å². The van der Waals surface area contributed by atoms with Gasteiger partial charge in [0.1, 0.15) is 0 Å². The quantitative estimate of drug-likeness (QED) is 0.781. The van der Waals surface area contributed by atoms with Gasteiger partial charge in [-0.05, 0) is 35.9 Å². The van der Waals surface area contributed by atoms with Gasteiger partial charge >= 0.3 is 11.8 Å². The average Bonchev–Trinajstić information content (AvgIpc) is 3.30. The lowest BCUT2D eigenvalue weighted by atomic mass is 10.1. The third-order valence-electron chi connectivity index (χ3n) is 4.37. The van der Waals surface area contributed by atoms with Crippen LogP contribution in [0.2, 0.25) is 0 Å². The minimum absolute atomic E-state index is 0.0339. The van der Waals surface area contributed by atoms with E-state index in [1.54, 1.807) is 11.3 Å². The van der Waals surface area contributed by atoms with Crippen molar-refractivity contribution in [2.24, 2.45) is 0 Å². The van der Waals surface area contributed by atoms with E-state index in [2.05, 4.69) is 39.8 Å². The topological polar surface area (TPSA) is 61.4 Å². The highest BCUT2D eigenvalue weighted by atomic mass is 32.1. The van der Waals surface area contributed by atoms with Crippen molar-refractivity contribution in [2.45, 2.75) is 25.8 Å². The van der Waals surface area contributed by atoms with Crippen LogP contribution in [0.1, 0.15) is 29.8 Å². The molecule has 1 aliphatic rings. The summed E-state index contributed by atoms with van der Waals surface area (Å²) >= 11 is 1.67. The number of anilines is 1. The molecule has 0 radical (unpaired) electrons. The lowest BCUT2D eigenvalue weighted by molar-refractivity contribution is -0.139. The van der Waals surface area contributed by atoms with Gasteiger partial charge in [0.05, 0.1) is 6.04 Å². The smallest absolute Gasteiger partial charge is 0.309 e. The Morgan fingerprint density at radius 3 is 2.72 bits per heavy atom. The van der Waals surface area contributed by atoms with E-state index in [4.69, 9.17) is 0 Å². The summed E-state index contributed by atoms with van der Waals surface area (Å²) in [5, 5.41) is 7.46. The molecule has 6 heteroatoms. The molecule has 5 nitrogen and oxygen atoms in total. The highest BCUT2D eigenvalue weighted by molar-refractivity contribution is 7.10. The van der Waals surface area contributed by atoms with Gasteiger partial charge in [-0.2, -0.15) is 0 Å². The predicted octanol–water partition coefficient (Wildman–Crippen LogP) is 2.49. The molecule has 3 rings (SSSR count). The first-order valence-electron chi connectivity index (χ1n) is 8.64. The molecule has 1 atom stereocenters. The molecule has 25 heavy (non-hydrogen) atoms. The van der Waals surface area contributed by atoms with Gasteiger partial charge in [0.25, 0.3) is 0 Å². The lowest BCUT2D eigenvalue weighted by Gasteiger charge is -2.30. The number of amides is 2. The first kappa shape index (κ1) is 17.5. The van der Waals surface area contributed by atoms with Crippen LogP contribution < -0.4 is 15.5 Å². The largest absolute Gasteiger partial charge is 0.361 e. The molecular weight excluding hydrogens is 334 g/mol. The molecule has 2 aromatic rings. The zero-order chi connectivity index (χ0) is 17.6. The van der Waals surface area contributed by atoms with Gasteiger partial charge in [0.2, 0.25) is 0 Å². The van der Waals surface area contributed by atoms with Crippen LogP contribution in [0.15, 0.2) is 41.8 Å². The van der Waals surface area contributed by atoms with Crippen LogP contribution in [0.4, 0.5) is 5.69 Å². The van der Waals surface area contributed by atoms with Crippen molar-refractivity contribution in [1.29, 1.82) is 0 Å². The van der Waals surface area contributed by atoms with E-state index in [9.17, 15) is 9.59 Å². The summed E-state index contributed by atoms with van der Waals surface area (Å²) in [4.78, 5) is 27.3. The van der Waals surface area contributed by atoms with E-state index in [0.717, 1.165) is 19.4 Å². The molecule has 132 valence electrons. The molecule has 1 aromatic carbocycles. The number of hydrogen-bond donors (Lipinski definition) is 2. The highest BCUT2D eigenvalue weighted by Gasteiger charge is 2.28. The van der Waals surface area contributed by atoms with Crippen LogP contribution in [0.5, 0.6) is 0 Å². The monoisotopic (exact) mass is 357 g/mol. The maximum atomic E-state index is 12.0. The number of fused-ring (bicyclic) bond motifs is 1. The fraction of sp³-hybridized carbons (Fsp3) is 0.368. The number of rotatable bonds is 6. The number of thiophene rings is 1. The Kier molecular flexibility index (Phi) is 5.71. The van der Waals surface area contributed by atoms with Gasteiger partial charge in [-0.25, -0.2) is 0 Å². The van der Waals surface area contributed by atoms with E-state index >= 15 is 0 Å². The first-order valence-corrected chi connectivity index (χ1v) is 9.52. The van der Waals surface area contributed by atoms with Crippen LogP contribution in [0.3, 0.4) is 0 Å². The predicted molar refractivity (Wildman–Crippen MR) is 101 cm³/mol. The Labute approximate surface area is 152 Å². The van der Waals surface area contributed by atoms with Crippen LogP contribution in [-0.4, -0.2) is 31.4 Å². The average molecular weight is 357 g/mol. The molecule has 1 unspecified atom stereocenters. The molecule has 0 fully saturated rings. The second-order valence-corrected chi connectivity index (χ2v) is 7.05. The standard InChI is InChI=1S/C19H23N3O2S/c1-2-10-20-18(23)19(24)21-13-16(17-8-5-12-25-17)22-11-9-14-6-3-4-7-15(14)22/h3-8,12,16H,2,9-11,13H2,1H3,(H,20,23)(H,21,24). The molecule has 0 aliphatic carbocycles. The van der Waals surface area contributed by atoms with Gasteiger partial charge in [0, 0.05) is 30.2 Å². The van der Waals surface area contributed by atoms with Crippen LogP contribution >= 0.6 is 11.3 Å². The van der Waals surface area contributed by atoms with Crippen molar-refractivity contribution in [1.82, 2.24) is 10.6 Å². The third-order valence-corrected chi connectivity index (χ3v) is 5.34. The van der Waals surface area contributed by atoms with Gasteiger partial charge in [-0.1, -0.05) is 31.2 Å². The molecule has 2 heterocycles. The number of benzene rings is 1. The minimum atomic E-state index is -0.567. The molecule has 0 bridgehead atoms. The van der Waals surface area contributed by atoms with Crippen molar-refractivity contribution in [3.05, 3.63) is 52.2 Å². The summed E-state index contributed by atoms with van der Waals surface area (Å²) < 4.78 is 0. The summed E-state index contributed by atoms with van der Waals surface area (Å²) in [5.74, 6) is -1.13. The van der Waals surface area contributed by atoms with E-state index in [0.29, 0.717) is 13.1 Å². The van der Waals surface area contributed by atoms with Crippen molar-refractivity contribution in [3.8, 4) is 0 Å². The number of nitrogens with one attached hydrogen (secondary N) is 2. The normalized spacial score (nSPS) is 14.0. The van der Waals surface area contributed by atoms with Crippen LogP contribution in [0.25, 0.3) is 0 Å². The Balaban J connectivity index is 1.72. The van der Waals surface area contributed by atoms with Crippen LogP contribution in [-0.2, 0) is 16.0 Å². The van der Waals surface area contributed by atoms with Gasteiger partial charge < -0.3 is 15.5 Å². The molecule has 2 amide bonds. The SMILES string of the molecule is CCCNC(=O)C(=O)NCC(c1cccs1)N1CCc2ccccc21. The van der Waals surface area contributed by atoms with Crippen molar-refractivity contribution in [3.63, 3.8) is 0 Å². The Bertz CT molecular complexity index is 730. The Hall–Kier alpha value is -2.34. The maximum absolute atomic E-state index is 12.0. The number of carbonyl (C=O) groups excluding carboxylic acids is 2. The summed E-state index contributed by atoms with van der Waals surface area (Å²) in [7, 11) is 0. The summed E-state index contributed by atoms with van der Waals surface area (Å²) in [6, 6.07) is 12.5. The molecule has 1 aliphatic heterocycles. The fourth-order valence-electron chi connectivity index (χ4n) is 3.12. The van der Waals surface area contributed by atoms with Crippen LogP contribution in [0, 0.1) is 0 Å². The van der Waals surface area contributed by atoms with Crippen molar-refractivity contribution >= 4 is 28.8 Å². The zero-order valence-electron chi connectivity index (χ0n) is 14.3. The highest BCUT2D eigenvalue weighted by Crippen LogP contribution is 2.36. The lowest BCUT2D eigenvalue weighted by Crippen LogP contribution is -2.44. The van der Waals surface area contributed by atoms with Crippen molar-refractivity contribution < 1.29 is 9.59 Å². The second-order valence-electron chi connectivity index (χ2n) is 6.07. The Morgan fingerprint density at radius 2 is 1.96 bits per heavy atom. The van der Waals surface area contributed by atoms with Gasteiger partial charge in [0.15, 0.2) is 0 Å². The van der Waals surface area contributed by atoms with Gasteiger partial charge in [-0.3, -0.25) is 9.59 Å². The number of para-hydroxylation sites is 1. The van der Waals surface area contributed by atoms with Crippen molar-refractivity contribution in [2.75, 3.05) is 24.5 Å². The molecular formula is C19H23N3O2S. The molecule has 0 saturated heterocycles. The molecule has 2 N–H and O–H groups in total. The fourth-order valence-corrected chi connectivity index (χ4v) is 3.96. The van der Waals surface area contributed by atoms with E-state index in [1.807, 2.05) is 24.4 Å². The maximum Gasteiger partial charge on any atom is 0.309 e. The van der Waals surface area contributed by atoms with E-state index in [1.165, 1.54) is 16.1 Å². The second kappa shape index (κ2) is 8.16. The number of nitrogens with zero attached hydrogens (tertiary/aromatic N) is 1. The summed E-state index contributed by atoms with van der Waals surface area (Å²) in [6.45, 7) is 3.79. The number of hydrogen-bond acceptors (Lipinski definition) is 4. The molecule has 0 saturated carbocycles. The minimum Gasteiger partial charge on any atom is -0.361 e. The van der Waals surface area contributed by atoms with E-state index in [-0.39, 0.29) is 6.04 Å². The summed E-state index contributed by atoms with van der Waals surface area (Å²) in [5.41, 5.74) is 2.54. The third kappa shape index (κ3) is 4.02. The number of carbonyl (C=O) groups is 2. The molecule has 1 aromatic heterocycles. The van der Waals surface area contributed by atoms with Gasteiger partial charge in [-0.15, -0.1) is 11.3 Å². The zero-order valence-corrected chi connectivity index (χ0v) is 15.1. The first-order chi connectivity index (χ1) is 12.2. The Morgan fingerprint density at radius 1 is 1.16 bits per heavy atom. The molecule has 0 spiro atoms.